The van der Waals surface area contributed by atoms with Gasteiger partial charge in [0, 0.05) is 38.9 Å². The molecule has 0 N–H and O–H groups in total. The van der Waals surface area contributed by atoms with Crippen molar-refractivity contribution >= 4 is 76.9 Å². The molecule has 0 unspecified atom stereocenters. The van der Waals surface area contributed by atoms with Crippen LogP contribution < -0.4 is 4.90 Å². The number of fused-ring (bicyclic) bond motifs is 11. The van der Waals surface area contributed by atoms with Crippen molar-refractivity contribution in [1.82, 2.24) is 4.57 Å². The monoisotopic (exact) mass is 754 g/mol. The van der Waals surface area contributed by atoms with E-state index in [4.69, 9.17) is 0 Å². The Morgan fingerprint density at radius 3 is 2.00 bits per heavy atom. The zero-order chi connectivity index (χ0) is 39.2. The number of aromatic nitrogens is 1. The molecule has 0 amide bonds. The minimum atomic E-state index is -0.0746. The Bertz CT molecular complexity index is 3410. The standard InChI is InChI=1S/C57H42N2/c1-57(2)52-20-12-11-19-49(52)50-30-27-45(36-53(50)57)58(42-14-5-3-6-15-42)44-26-29-47-41(34-44)22-21-40-33-38(23-28-46(40)47)39-25-31-54-51(35-39)56-48-18-10-9-13-37(48)24-32-55(56)59(54)43-16-7-4-8-17-43/h3,5-7,9-36H,4,8H2,1-2H3. The van der Waals surface area contributed by atoms with Crippen LogP contribution in [0.5, 0.6) is 0 Å². The van der Waals surface area contributed by atoms with Gasteiger partial charge >= 0.3 is 0 Å². The predicted octanol–water partition coefficient (Wildman–Crippen LogP) is 15.9. The van der Waals surface area contributed by atoms with E-state index in [-0.39, 0.29) is 5.41 Å². The molecule has 9 aromatic carbocycles. The number of hydrogen-bond acceptors (Lipinski definition) is 1. The molecular weight excluding hydrogens is 713 g/mol. The molecule has 2 nitrogen and oxygen atoms in total. The van der Waals surface area contributed by atoms with Gasteiger partial charge in [-0.1, -0.05) is 141 Å². The summed E-state index contributed by atoms with van der Waals surface area (Å²) in [6, 6.07) is 65.6. The lowest BCUT2D eigenvalue weighted by Gasteiger charge is -2.28. The fourth-order valence-corrected chi connectivity index (χ4v) is 10.2. The van der Waals surface area contributed by atoms with Crippen LogP contribution in [0.2, 0.25) is 0 Å². The van der Waals surface area contributed by atoms with Gasteiger partial charge in [-0.3, -0.25) is 0 Å². The number of allylic oxidation sites excluding steroid dienone is 4. The van der Waals surface area contributed by atoms with Crippen LogP contribution in [0.3, 0.4) is 0 Å². The van der Waals surface area contributed by atoms with Gasteiger partial charge in [0.05, 0.1) is 11.0 Å². The number of para-hydroxylation sites is 1. The molecule has 10 aromatic rings. The van der Waals surface area contributed by atoms with Gasteiger partial charge in [0.2, 0.25) is 0 Å². The summed E-state index contributed by atoms with van der Waals surface area (Å²) in [5.74, 6) is 0. The maximum atomic E-state index is 2.46. The summed E-state index contributed by atoms with van der Waals surface area (Å²) in [5, 5.41) is 10.2. The first-order chi connectivity index (χ1) is 29.0. The second kappa shape index (κ2) is 12.9. The highest BCUT2D eigenvalue weighted by Gasteiger charge is 2.35. The topological polar surface area (TPSA) is 8.17 Å². The number of rotatable bonds is 5. The average molecular weight is 755 g/mol. The Balaban J connectivity index is 0.958. The fourth-order valence-electron chi connectivity index (χ4n) is 10.2. The Kier molecular flexibility index (Phi) is 7.43. The van der Waals surface area contributed by atoms with Gasteiger partial charge in [-0.25, -0.2) is 0 Å². The summed E-state index contributed by atoms with van der Waals surface area (Å²) in [6.07, 6.45) is 9.13. The Labute approximate surface area is 344 Å². The normalized spacial score (nSPS) is 14.3. The molecule has 2 aliphatic carbocycles. The van der Waals surface area contributed by atoms with E-state index < -0.39 is 0 Å². The van der Waals surface area contributed by atoms with E-state index in [2.05, 4.69) is 217 Å². The third kappa shape index (κ3) is 5.19. The molecule has 2 aliphatic rings. The summed E-state index contributed by atoms with van der Waals surface area (Å²) in [6.45, 7) is 4.71. The molecule has 0 atom stereocenters. The van der Waals surface area contributed by atoms with Crippen molar-refractivity contribution in [1.29, 1.82) is 0 Å². The van der Waals surface area contributed by atoms with Crippen LogP contribution >= 0.6 is 0 Å². The molecule has 59 heavy (non-hydrogen) atoms. The number of hydrogen-bond donors (Lipinski definition) is 0. The largest absolute Gasteiger partial charge is 0.310 e. The van der Waals surface area contributed by atoms with Gasteiger partial charge in [-0.2, -0.15) is 0 Å². The molecule has 0 saturated heterocycles. The van der Waals surface area contributed by atoms with Crippen LogP contribution in [0.15, 0.2) is 194 Å². The van der Waals surface area contributed by atoms with Crippen LogP contribution in [0, 0.1) is 0 Å². The van der Waals surface area contributed by atoms with E-state index >= 15 is 0 Å². The molecule has 0 bridgehead atoms. The maximum absolute atomic E-state index is 2.46. The molecule has 1 heterocycles. The lowest BCUT2D eigenvalue weighted by Crippen LogP contribution is -2.16. The van der Waals surface area contributed by atoms with Crippen molar-refractivity contribution in [2.75, 3.05) is 4.90 Å². The van der Waals surface area contributed by atoms with E-state index in [9.17, 15) is 0 Å². The first kappa shape index (κ1) is 33.9. The molecule has 280 valence electrons. The SMILES string of the molecule is CC1(C)c2ccccc2-c2ccc(N(c3ccccc3)c3ccc4c(ccc5cc(-c6ccc7c(c6)c6c8ccccc8ccc6n7C6=CCCC=C6)ccc54)c3)cc21. The first-order valence-electron chi connectivity index (χ1n) is 20.9. The van der Waals surface area contributed by atoms with Crippen LogP contribution in [0.4, 0.5) is 17.1 Å². The lowest BCUT2D eigenvalue weighted by molar-refractivity contribution is 0.660. The molecule has 0 aliphatic heterocycles. The molecule has 2 heteroatoms. The highest BCUT2D eigenvalue weighted by Crippen LogP contribution is 2.51. The van der Waals surface area contributed by atoms with Crippen molar-refractivity contribution in [3.63, 3.8) is 0 Å². The van der Waals surface area contributed by atoms with E-state index in [1.165, 1.54) is 98.9 Å². The quantitative estimate of drug-likeness (QED) is 0.159. The van der Waals surface area contributed by atoms with Crippen LogP contribution in [-0.2, 0) is 5.41 Å². The van der Waals surface area contributed by atoms with Crippen LogP contribution in [0.25, 0.3) is 82.1 Å². The summed E-state index contributed by atoms with van der Waals surface area (Å²) >= 11 is 0. The lowest BCUT2D eigenvalue weighted by atomic mass is 9.82. The van der Waals surface area contributed by atoms with Crippen molar-refractivity contribution in [3.8, 4) is 22.3 Å². The van der Waals surface area contributed by atoms with Gasteiger partial charge in [0.15, 0.2) is 0 Å². The van der Waals surface area contributed by atoms with Crippen molar-refractivity contribution < 1.29 is 0 Å². The molecule has 0 saturated carbocycles. The summed E-state index contributed by atoms with van der Waals surface area (Å²) in [7, 11) is 0. The molecule has 1 aromatic heterocycles. The molecular formula is C57H42N2. The van der Waals surface area contributed by atoms with Gasteiger partial charge in [-0.05, 0) is 145 Å². The van der Waals surface area contributed by atoms with Gasteiger partial charge in [-0.15, -0.1) is 0 Å². The molecule has 0 radical (unpaired) electrons. The predicted molar refractivity (Wildman–Crippen MR) is 252 cm³/mol. The van der Waals surface area contributed by atoms with Gasteiger partial charge in [0.25, 0.3) is 0 Å². The Morgan fingerprint density at radius 1 is 0.458 bits per heavy atom. The third-order valence-electron chi connectivity index (χ3n) is 13.1. The van der Waals surface area contributed by atoms with E-state index in [0.29, 0.717) is 0 Å². The highest BCUT2D eigenvalue weighted by molar-refractivity contribution is 6.22. The number of nitrogens with zero attached hydrogens (tertiary/aromatic N) is 2. The second-order valence-electron chi connectivity index (χ2n) is 16.8. The van der Waals surface area contributed by atoms with Crippen molar-refractivity contribution in [2.45, 2.75) is 32.1 Å². The molecule has 0 fully saturated rings. The smallest absolute Gasteiger partial charge is 0.0547 e. The first-order valence-corrected chi connectivity index (χ1v) is 20.9. The molecule has 0 spiro atoms. The van der Waals surface area contributed by atoms with E-state index in [1.54, 1.807) is 0 Å². The van der Waals surface area contributed by atoms with Crippen LogP contribution in [-0.4, -0.2) is 4.57 Å². The fraction of sp³-hybridized carbons (Fsp3) is 0.0877. The zero-order valence-electron chi connectivity index (χ0n) is 33.3. The summed E-state index contributed by atoms with van der Waals surface area (Å²) < 4.78 is 2.46. The van der Waals surface area contributed by atoms with Crippen LogP contribution in [0.1, 0.15) is 37.8 Å². The Morgan fingerprint density at radius 2 is 1.14 bits per heavy atom. The third-order valence-corrected chi connectivity index (χ3v) is 13.1. The summed E-state index contributed by atoms with van der Waals surface area (Å²) in [5.41, 5.74) is 15.1. The summed E-state index contributed by atoms with van der Waals surface area (Å²) in [4.78, 5) is 2.41. The van der Waals surface area contributed by atoms with Gasteiger partial charge < -0.3 is 9.47 Å². The maximum Gasteiger partial charge on any atom is 0.0547 e. The van der Waals surface area contributed by atoms with E-state index in [1.807, 2.05) is 0 Å². The number of anilines is 3. The van der Waals surface area contributed by atoms with Crippen molar-refractivity contribution in [2.24, 2.45) is 0 Å². The average Bonchev–Trinajstić information content (AvgIpc) is 3.75. The van der Waals surface area contributed by atoms with E-state index in [0.717, 1.165) is 24.2 Å². The highest BCUT2D eigenvalue weighted by atomic mass is 15.1. The minimum absolute atomic E-state index is 0.0746. The molecule has 12 rings (SSSR count). The minimum Gasteiger partial charge on any atom is -0.310 e. The van der Waals surface area contributed by atoms with Crippen molar-refractivity contribution in [3.05, 3.63) is 205 Å². The second-order valence-corrected chi connectivity index (χ2v) is 16.8. The van der Waals surface area contributed by atoms with Gasteiger partial charge in [0.1, 0.15) is 0 Å². The number of benzene rings is 9. The zero-order valence-corrected chi connectivity index (χ0v) is 33.3. The Hall–Kier alpha value is -7.16.